The summed E-state index contributed by atoms with van der Waals surface area (Å²) in [5, 5.41) is 5.75. The molecular weight excluding hydrogens is 280 g/mol. The SMILES string of the molecule is CCOC(=O)CNc1ccccc1C(=O)Nc1ccccc1. The van der Waals surface area contributed by atoms with Crippen molar-refractivity contribution in [2.45, 2.75) is 6.92 Å². The molecule has 0 fully saturated rings. The van der Waals surface area contributed by atoms with E-state index < -0.39 is 0 Å². The third-order valence-corrected chi connectivity index (χ3v) is 2.93. The third-order valence-electron chi connectivity index (χ3n) is 2.93. The number of carbonyl (C=O) groups excluding carboxylic acids is 2. The Balaban J connectivity index is 2.07. The molecule has 2 N–H and O–H groups in total. The van der Waals surface area contributed by atoms with Crippen LogP contribution < -0.4 is 10.6 Å². The quantitative estimate of drug-likeness (QED) is 0.805. The van der Waals surface area contributed by atoms with Crippen LogP contribution in [0.25, 0.3) is 0 Å². The molecule has 2 rings (SSSR count). The Morgan fingerprint density at radius 1 is 1.00 bits per heavy atom. The number of rotatable bonds is 6. The topological polar surface area (TPSA) is 67.4 Å². The van der Waals surface area contributed by atoms with Gasteiger partial charge in [-0.05, 0) is 31.2 Å². The van der Waals surface area contributed by atoms with Crippen molar-refractivity contribution >= 4 is 23.3 Å². The van der Waals surface area contributed by atoms with Gasteiger partial charge in [0.25, 0.3) is 5.91 Å². The largest absolute Gasteiger partial charge is 0.465 e. The molecule has 2 aromatic carbocycles. The minimum absolute atomic E-state index is 0.0173. The van der Waals surface area contributed by atoms with Crippen LogP contribution in [0.3, 0.4) is 0 Å². The zero-order chi connectivity index (χ0) is 15.8. The summed E-state index contributed by atoms with van der Waals surface area (Å²) >= 11 is 0. The molecule has 0 heterocycles. The zero-order valence-corrected chi connectivity index (χ0v) is 12.3. The van der Waals surface area contributed by atoms with Crippen molar-refractivity contribution in [1.82, 2.24) is 0 Å². The summed E-state index contributed by atoms with van der Waals surface area (Å²) in [6.45, 7) is 2.10. The number of benzene rings is 2. The lowest BCUT2D eigenvalue weighted by molar-refractivity contribution is -0.140. The van der Waals surface area contributed by atoms with Crippen LogP contribution in [0.1, 0.15) is 17.3 Å². The molecular formula is C17H18N2O3. The van der Waals surface area contributed by atoms with Crippen LogP contribution in [0.4, 0.5) is 11.4 Å². The van der Waals surface area contributed by atoms with Crippen molar-refractivity contribution in [3.05, 3.63) is 60.2 Å². The first-order chi connectivity index (χ1) is 10.7. The van der Waals surface area contributed by atoms with Gasteiger partial charge in [-0.3, -0.25) is 9.59 Å². The van der Waals surface area contributed by atoms with Crippen molar-refractivity contribution in [3.8, 4) is 0 Å². The van der Waals surface area contributed by atoms with E-state index >= 15 is 0 Å². The maximum Gasteiger partial charge on any atom is 0.325 e. The smallest absolute Gasteiger partial charge is 0.325 e. The van der Waals surface area contributed by atoms with Crippen LogP contribution in [0.5, 0.6) is 0 Å². The second-order valence-electron chi connectivity index (χ2n) is 4.52. The first-order valence-electron chi connectivity index (χ1n) is 7.05. The lowest BCUT2D eigenvalue weighted by atomic mass is 10.1. The molecule has 0 aromatic heterocycles. The first kappa shape index (κ1) is 15.6. The predicted molar refractivity (Wildman–Crippen MR) is 86.0 cm³/mol. The Kier molecular flexibility index (Phi) is 5.54. The molecule has 0 saturated carbocycles. The van der Waals surface area contributed by atoms with E-state index in [-0.39, 0.29) is 18.4 Å². The second-order valence-corrected chi connectivity index (χ2v) is 4.52. The summed E-state index contributed by atoms with van der Waals surface area (Å²) < 4.78 is 4.86. The number of para-hydroxylation sites is 2. The number of nitrogens with one attached hydrogen (secondary N) is 2. The number of ether oxygens (including phenoxy) is 1. The fraction of sp³-hybridized carbons (Fsp3) is 0.176. The molecule has 0 radical (unpaired) electrons. The van der Waals surface area contributed by atoms with Gasteiger partial charge in [0.15, 0.2) is 0 Å². The van der Waals surface area contributed by atoms with E-state index in [1.807, 2.05) is 30.3 Å². The zero-order valence-electron chi connectivity index (χ0n) is 12.3. The maximum absolute atomic E-state index is 12.3. The highest BCUT2D eigenvalue weighted by molar-refractivity contribution is 6.08. The van der Waals surface area contributed by atoms with Crippen molar-refractivity contribution in [2.24, 2.45) is 0 Å². The van der Waals surface area contributed by atoms with Gasteiger partial charge in [-0.2, -0.15) is 0 Å². The van der Waals surface area contributed by atoms with E-state index in [0.717, 1.165) is 0 Å². The molecule has 0 bridgehead atoms. The van der Waals surface area contributed by atoms with Gasteiger partial charge in [-0.15, -0.1) is 0 Å². The fourth-order valence-electron chi connectivity index (χ4n) is 1.93. The van der Waals surface area contributed by atoms with Crippen LogP contribution >= 0.6 is 0 Å². The Morgan fingerprint density at radius 3 is 2.41 bits per heavy atom. The Bertz CT molecular complexity index is 641. The summed E-state index contributed by atoms with van der Waals surface area (Å²) in [5.41, 5.74) is 1.77. The molecule has 0 spiro atoms. The Labute approximate surface area is 129 Å². The highest BCUT2D eigenvalue weighted by Gasteiger charge is 2.12. The lowest BCUT2D eigenvalue weighted by Gasteiger charge is -2.11. The summed E-state index contributed by atoms with van der Waals surface area (Å²) in [6, 6.07) is 16.2. The average molecular weight is 298 g/mol. The molecule has 0 saturated heterocycles. The van der Waals surface area contributed by atoms with Gasteiger partial charge >= 0.3 is 5.97 Å². The minimum atomic E-state index is -0.360. The van der Waals surface area contributed by atoms with Gasteiger partial charge in [-0.1, -0.05) is 30.3 Å². The number of hydrogen-bond acceptors (Lipinski definition) is 4. The molecule has 5 heteroatoms. The van der Waals surface area contributed by atoms with E-state index in [4.69, 9.17) is 4.74 Å². The molecule has 2 aromatic rings. The average Bonchev–Trinajstić information content (AvgIpc) is 2.54. The van der Waals surface area contributed by atoms with Gasteiger partial charge in [0.2, 0.25) is 0 Å². The van der Waals surface area contributed by atoms with Crippen LogP contribution in [0, 0.1) is 0 Å². The highest BCUT2D eigenvalue weighted by atomic mass is 16.5. The second kappa shape index (κ2) is 7.83. The number of amides is 1. The molecule has 5 nitrogen and oxygen atoms in total. The Hall–Kier alpha value is -2.82. The van der Waals surface area contributed by atoms with E-state index in [9.17, 15) is 9.59 Å². The third kappa shape index (κ3) is 4.34. The van der Waals surface area contributed by atoms with Crippen molar-refractivity contribution in [1.29, 1.82) is 0 Å². The number of esters is 1. The monoisotopic (exact) mass is 298 g/mol. The molecule has 114 valence electrons. The first-order valence-corrected chi connectivity index (χ1v) is 7.05. The minimum Gasteiger partial charge on any atom is -0.465 e. The van der Waals surface area contributed by atoms with Crippen LogP contribution in [0.2, 0.25) is 0 Å². The summed E-state index contributed by atoms with van der Waals surface area (Å²) in [7, 11) is 0. The summed E-state index contributed by atoms with van der Waals surface area (Å²) in [6.07, 6.45) is 0. The fourth-order valence-corrected chi connectivity index (χ4v) is 1.93. The highest BCUT2D eigenvalue weighted by Crippen LogP contribution is 2.17. The van der Waals surface area contributed by atoms with Crippen molar-refractivity contribution in [3.63, 3.8) is 0 Å². The number of hydrogen-bond donors (Lipinski definition) is 2. The van der Waals surface area contributed by atoms with E-state index in [1.165, 1.54) is 0 Å². The molecule has 0 aliphatic carbocycles. The van der Waals surface area contributed by atoms with Crippen LogP contribution in [0.15, 0.2) is 54.6 Å². The summed E-state index contributed by atoms with van der Waals surface area (Å²) in [4.78, 5) is 23.7. The van der Waals surface area contributed by atoms with Gasteiger partial charge in [0.1, 0.15) is 6.54 Å². The van der Waals surface area contributed by atoms with E-state index in [2.05, 4.69) is 10.6 Å². The molecule has 0 atom stereocenters. The van der Waals surface area contributed by atoms with Crippen LogP contribution in [-0.2, 0) is 9.53 Å². The van der Waals surface area contributed by atoms with Crippen molar-refractivity contribution in [2.75, 3.05) is 23.8 Å². The molecule has 0 unspecified atom stereocenters. The van der Waals surface area contributed by atoms with Gasteiger partial charge < -0.3 is 15.4 Å². The summed E-state index contributed by atoms with van der Waals surface area (Å²) in [5.74, 6) is -0.598. The molecule has 22 heavy (non-hydrogen) atoms. The lowest BCUT2D eigenvalue weighted by Crippen LogP contribution is -2.20. The standard InChI is InChI=1S/C17H18N2O3/c1-2-22-16(20)12-18-15-11-7-6-10-14(15)17(21)19-13-8-4-3-5-9-13/h3-11,18H,2,12H2,1H3,(H,19,21). The van der Waals surface area contributed by atoms with Gasteiger partial charge in [0, 0.05) is 11.4 Å². The number of carbonyl (C=O) groups is 2. The predicted octanol–water partition coefficient (Wildman–Crippen LogP) is 2.91. The Morgan fingerprint density at radius 2 is 1.68 bits per heavy atom. The van der Waals surface area contributed by atoms with Crippen molar-refractivity contribution < 1.29 is 14.3 Å². The van der Waals surface area contributed by atoms with Gasteiger partial charge in [0.05, 0.1) is 12.2 Å². The maximum atomic E-state index is 12.3. The normalized spacial score (nSPS) is 9.86. The van der Waals surface area contributed by atoms with Crippen LogP contribution in [-0.4, -0.2) is 25.0 Å². The molecule has 0 aliphatic heterocycles. The molecule has 0 aliphatic rings. The van der Waals surface area contributed by atoms with Gasteiger partial charge in [-0.25, -0.2) is 0 Å². The van der Waals surface area contributed by atoms with E-state index in [0.29, 0.717) is 23.5 Å². The number of anilines is 2. The van der Waals surface area contributed by atoms with E-state index in [1.54, 1.807) is 31.2 Å². The molecule has 1 amide bonds.